The van der Waals surface area contributed by atoms with E-state index in [0.717, 1.165) is 0 Å². The largest absolute Gasteiger partial charge is 0.478 e. The Balaban J connectivity index is 3.42. The van der Waals surface area contributed by atoms with E-state index >= 15 is 0 Å². The van der Waals surface area contributed by atoms with Crippen LogP contribution >= 0.6 is 0 Å². The summed E-state index contributed by atoms with van der Waals surface area (Å²) in [6, 6.07) is 3.02. The van der Waals surface area contributed by atoms with Gasteiger partial charge in [-0.25, -0.2) is 9.78 Å². The Morgan fingerprint density at radius 1 is 1.75 bits per heavy atom. The monoisotopic (exact) mass is 163 g/mol. The highest BCUT2D eigenvalue weighted by molar-refractivity contribution is 5.95. The third-order valence-electron chi connectivity index (χ3n) is 1.31. The van der Waals surface area contributed by atoms with Crippen molar-refractivity contribution >= 4 is 11.8 Å². The molecule has 0 saturated heterocycles. The first-order valence-electron chi connectivity index (χ1n) is 3.04. The van der Waals surface area contributed by atoms with Gasteiger partial charge in [-0.2, -0.15) is 5.26 Å². The molecular weight excluding hydrogens is 158 g/mol. The van der Waals surface area contributed by atoms with Crippen molar-refractivity contribution in [3.05, 3.63) is 23.4 Å². The maximum atomic E-state index is 10.5. The number of hydrogen-bond acceptors (Lipinski definition) is 4. The van der Waals surface area contributed by atoms with Crippen LogP contribution in [0.1, 0.15) is 15.9 Å². The van der Waals surface area contributed by atoms with Crippen molar-refractivity contribution in [1.82, 2.24) is 4.98 Å². The lowest BCUT2D eigenvalue weighted by Gasteiger charge is -1.99. The molecule has 12 heavy (non-hydrogen) atoms. The van der Waals surface area contributed by atoms with Crippen LogP contribution in [0.3, 0.4) is 0 Å². The highest BCUT2D eigenvalue weighted by atomic mass is 16.4. The van der Waals surface area contributed by atoms with E-state index in [9.17, 15) is 4.79 Å². The van der Waals surface area contributed by atoms with Gasteiger partial charge in [0.2, 0.25) is 0 Å². The first kappa shape index (κ1) is 8.01. The number of carboxylic acids is 1. The zero-order valence-electron chi connectivity index (χ0n) is 5.98. The van der Waals surface area contributed by atoms with E-state index in [-0.39, 0.29) is 16.9 Å². The Morgan fingerprint density at radius 2 is 2.42 bits per heavy atom. The summed E-state index contributed by atoms with van der Waals surface area (Å²) in [5, 5.41) is 17.1. The molecule has 1 heterocycles. The number of nitriles is 1. The number of nitrogens with zero attached hydrogens (tertiary/aromatic N) is 2. The van der Waals surface area contributed by atoms with Crippen LogP contribution in [0.2, 0.25) is 0 Å². The molecule has 1 aromatic heterocycles. The molecule has 0 amide bonds. The second kappa shape index (κ2) is 2.88. The van der Waals surface area contributed by atoms with Crippen LogP contribution in [0.5, 0.6) is 0 Å². The number of pyridine rings is 1. The Hall–Kier alpha value is -2.09. The molecule has 0 unspecified atom stereocenters. The summed E-state index contributed by atoms with van der Waals surface area (Å²) in [5.74, 6) is -1.38. The number of aromatic carboxylic acids is 1. The zero-order chi connectivity index (χ0) is 9.14. The van der Waals surface area contributed by atoms with Crippen molar-refractivity contribution in [3.63, 3.8) is 0 Å². The van der Waals surface area contributed by atoms with E-state index in [1.807, 2.05) is 0 Å². The van der Waals surface area contributed by atoms with Crippen molar-refractivity contribution in [2.24, 2.45) is 0 Å². The molecule has 0 spiro atoms. The molecule has 0 aliphatic carbocycles. The summed E-state index contributed by atoms with van der Waals surface area (Å²) < 4.78 is 0. The summed E-state index contributed by atoms with van der Waals surface area (Å²) in [6.45, 7) is 0. The molecule has 0 atom stereocenters. The summed E-state index contributed by atoms with van der Waals surface area (Å²) in [6.07, 6.45) is 1.29. The predicted octanol–water partition coefficient (Wildman–Crippen LogP) is 0.234. The summed E-state index contributed by atoms with van der Waals surface area (Å²) in [5.41, 5.74) is 5.04. The normalized spacial score (nSPS) is 8.92. The molecular formula is C7H5N3O2. The van der Waals surface area contributed by atoms with E-state index < -0.39 is 5.97 Å². The van der Waals surface area contributed by atoms with Gasteiger partial charge in [0.25, 0.3) is 0 Å². The van der Waals surface area contributed by atoms with Crippen LogP contribution in [0.4, 0.5) is 5.82 Å². The smallest absolute Gasteiger partial charge is 0.340 e. The lowest BCUT2D eigenvalue weighted by Crippen LogP contribution is -2.06. The number of nitrogen functional groups attached to an aromatic ring is 1. The van der Waals surface area contributed by atoms with Gasteiger partial charge in [-0.05, 0) is 6.07 Å². The fourth-order valence-electron chi connectivity index (χ4n) is 0.796. The maximum absolute atomic E-state index is 10.5. The van der Waals surface area contributed by atoms with Gasteiger partial charge < -0.3 is 10.8 Å². The number of hydrogen-bond donors (Lipinski definition) is 2. The zero-order valence-corrected chi connectivity index (χ0v) is 5.98. The van der Waals surface area contributed by atoms with Gasteiger partial charge in [0.15, 0.2) is 0 Å². The number of aromatic nitrogens is 1. The highest BCUT2D eigenvalue weighted by Crippen LogP contribution is 2.12. The average molecular weight is 163 g/mol. The average Bonchev–Trinajstić information content (AvgIpc) is 2.03. The van der Waals surface area contributed by atoms with Crippen LogP contribution in [-0.4, -0.2) is 16.1 Å². The number of anilines is 1. The number of rotatable bonds is 1. The maximum Gasteiger partial charge on any atom is 0.340 e. The number of carbonyl (C=O) groups is 1. The van der Waals surface area contributed by atoms with Gasteiger partial charge in [-0.15, -0.1) is 0 Å². The minimum Gasteiger partial charge on any atom is -0.478 e. The van der Waals surface area contributed by atoms with Gasteiger partial charge in [0, 0.05) is 6.20 Å². The molecule has 0 aliphatic rings. The molecule has 0 saturated carbocycles. The van der Waals surface area contributed by atoms with Crippen LogP contribution in [0.15, 0.2) is 12.3 Å². The van der Waals surface area contributed by atoms with Crippen molar-refractivity contribution in [3.8, 4) is 6.07 Å². The van der Waals surface area contributed by atoms with Crippen LogP contribution < -0.4 is 5.73 Å². The molecule has 3 N–H and O–H groups in total. The molecule has 0 fully saturated rings. The molecule has 1 rings (SSSR count). The Bertz CT molecular complexity index is 367. The SMILES string of the molecule is N#Cc1ccnc(N)c1C(=O)O. The van der Waals surface area contributed by atoms with Crippen molar-refractivity contribution in [2.75, 3.05) is 5.73 Å². The molecule has 1 aromatic rings. The molecule has 0 aromatic carbocycles. The Kier molecular flexibility index (Phi) is 1.92. The lowest BCUT2D eigenvalue weighted by atomic mass is 10.1. The lowest BCUT2D eigenvalue weighted by molar-refractivity contribution is 0.0697. The number of nitrogens with two attached hydrogens (primary N) is 1. The second-order valence-electron chi connectivity index (χ2n) is 2.04. The molecule has 5 heteroatoms. The first-order chi connectivity index (χ1) is 5.66. The van der Waals surface area contributed by atoms with Crippen LogP contribution in [0.25, 0.3) is 0 Å². The van der Waals surface area contributed by atoms with Crippen LogP contribution in [-0.2, 0) is 0 Å². The molecule has 5 nitrogen and oxygen atoms in total. The van der Waals surface area contributed by atoms with E-state index in [1.54, 1.807) is 6.07 Å². The van der Waals surface area contributed by atoms with Crippen molar-refractivity contribution < 1.29 is 9.90 Å². The fraction of sp³-hybridized carbons (Fsp3) is 0. The van der Waals surface area contributed by atoms with Crippen molar-refractivity contribution in [1.29, 1.82) is 5.26 Å². The van der Waals surface area contributed by atoms with E-state index in [0.29, 0.717) is 0 Å². The summed E-state index contributed by atoms with van der Waals surface area (Å²) in [7, 11) is 0. The van der Waals surface area contributed by atoms with Gasteiger partial charge in [-0.3, -0.25) is 0 Å². The standard InChI is InChI=1S/C7H5N3O2/c8-3-4-1-2-10-6(9)5(4)7(11)12/h1-2H,(H2,9,10)(H,11,12). The minimum absolute atomic E-state index is 0.0231. The molecule has 0 aliphatic heterocycles. The van der Waals surface area contributed by atoms with Crippen molar-refractivity contribution in [2.45, 2.75) is 0 Å². The number of carboxylic acid groups (broad SMARTS) is 1. The van der Waals surface area contributed by atoms with E-state index in [2.05, 4.69) is 4.98 Å². The first-order valence-corrected chi connectivity index (χ1v) is 3.04. The molecule has 60 valence electrons. The van der Waals surface area contributed by atoms with Gasteiger partial charge in [0.05, 0.1) is 5.56 Å². The fourth-order valence-corrected chi connectivity index (χ4v) is 0.796. The highest BCUT2D eigenvalue weighted by Gasteiger charge is 2.13. The predicted molar refractivity (Wildman–Crippen MR) is 40.3 cm³/mol. The minimum atomic E-state index is -1.24. The van der Waals surface area contributed by atoms with E-state index in [4.69, 9.17) is 16.1 Å². The van der Waals surface area contributed by atoms with E-state index in [1.165, 1.54) is 12.3 Å². The van der Waals surface area contributed by atoms with Gasteiger partial charge in [-0.1, -0.05) is 0 Å². The quantitative estimate of drug-likeness (QED) is 0.617. The van der Waals surface area contributed by atoms with Gasteiger partial charge >= 0.3 is 5.97 Å². The molecule has 0 bridgehead atoms. The summed E-state index contributed by atoms with van der Waals surface area (Å²) in [4.78, 5) is 14.1. The summed E-state index contributed by atoms with van der Waals surface area (Å²) >= 11 is 0. The topological polar surface area (TPSA) is 100 Å². The Morgan fingerprint density at radius 3 is 2.83 bits per heavy atom. The third kappa shape index (κ3) is 1.18. The van der Waals surface area contributed by atoms with Crippen LogP contribution in [0, 0.1) is 11.3 Å². The molecule has 0 radical (unpaired) electrons. The second-order valence-corrected chi connectivity index (χ2v) is 2.04. The Labute approximate surface area is 68.1 Å². The third-order valence-corrected chi connectivity index (χ3v) is 1.31. The van der Waals surface area contributed by atoms with Gasteiger partial charge in [0.1, 0.15) is 17.5 Å².